The summed E-state index contributed by atoms with van der Waals surface area (Å²) in [5.74, 6) is 0.625. The van der Waals surface area contributed by atoms with Crippen molar-refractivity contribution in [1.82, 2.24) is 10.2 Å². The van der Waals surface area contributed by atoms with Gasteiger partial charge in [0.15, 0.2) is 0 Å². The van der Waals surface area contributed by atoms with Gasteiger partial charge in [0, 0.05) is 27.5 Å². The van der Waals surface area contributed by atoms with Crippen LogP contribution in [0.2, 0.25) is 0 Å². The lowest BCUT2D eigenvalue weighted by Crippen LogP contribution is -2.19. The molecule has 148 valence electrons. The fourth-order valence-electron chi connectivity index (χ4n) is 3.42. The van der Waals surface area contributed by atoms with Crippen LogP contribution in [0.1, 0.15) is 0 Å². The van der Waals surface area contributed by atoms with Crippen molar-refractivity contribution in [2.45, 2.75) is 0 Å². The minimum atomic E-state index is -0.423. The number of nitrogens with zero attached hydrogens (tertiary/aromatic N) is 1. The largest absolute Gasteiger partial charge is 0.497 e. The van der Waals surface area contributed by atoms with E-state index in [-0.39, 0.29) is 0 Å². The molecule has 0 spiro atoms. The minimum Gasteiger partial charge on any atom is -0.497 e. The van der Waals surface area contributed by atoms with E-state index in [9.17, 15) is 9.59 Å². The zero-order valence-electron chi connectivity index (χ0n) is 15.9. The maximum atomic E-state index is 12.5. The molecule has 0 bridgehead atoms. The number of fused-ring (bicyclic) bond motifs is 4. The van der Waals surface area contributed by atoms with Crippen LogP contribution in [-0.4, -0.2) is 23.3 Å². The minimum absolute atomic E-state index is 0.396. The first-order valence-corrected chi connectivity index (χ1v) is 9.16. The predicted molar refractivity (Wildman–Crippen MR) is 115 cm³/mol. The highest BCUT2D eigenvalue weighted by Gasteiger charge is 2.11. The monoisotopic (exact) mass is 400 g/mol. The van der Waals surface area contributed by atoms with E-state index in [4.69, 9.17) is 9.15 Å². The summed E-state index contributed by atoms with van der Waals surface area (Å²) >= 11 is 0. The summed E-state index contributed by atoms with van der Waals surface area (Å²) in [6, 6.07) is 15.3. The van der Waals surface area contributed by atoms with Gasteiger partial charge in [-0.15, -0.1) is 0 Å². The van der Waals surface area contributed by atoms with E-state index in [0.717, 1.165) is 10.9 Å². The van der Waals surface area contributed by atoms with Gasteiger partial charge in [-0.05, 0) is 54.6 Å². The molecule has 2 amide bonds. The van der Waals surface area contributed by atoms with Crippen molar-refractivity contribution in [3.8, 4) is 5.75 Å². The Balaban J connectivity index is 1.47. The third kappa shape index (κ3) is 3.10. The first kappa shape index (κ1) is 17.7. The van der Waals surface area contributed by atoms with Gasteiger partial charge in [0.1, 0.15) is 11.3 Å². The van der Waals surface area contributed by atoms with E-state index in [1.807, 2.05) is 6.07 Å². The standard InChI is InChI=1S/C22H16N4O4/c1-29-15-5-6-16-17(10-15)18-8-13(4-7-20(18)30-21(16)27)24-22(28)25-14-3-2-12-11-23-26-19(12)9-14/h2-11H,1H3,(H,23,26)(H2,24,25,28). The Kier molecular flexibility index (Phi) is 4.10. The number of hydrogen-bond donors (Lipinski definition) is 3. The van der Waals surface area contributed by atoms with Crippen LogP contribution in [0.15, 0.2) is 70.0 Å². The molecule has 3 N–H and O–H groups in total. The zero-order chi connectivity index (χ0) is 20.7. The molecule has 2 aromatic heterocycles. The van der Waals surface area contributed by atoms with E-state index < -0.39 is 11.7 Å². The van der Waals surface area contributed by atoms with Crippen LogP contribution >= 0.6 is 0 Å². The number of carbonyl (C=O) groups excluding carboxylic acids is 1. The van der Waals surface area contributed by atoms with Gasteiger partial charge in [0.05, 0.1) is 24.2 Å². The van der Waals surface area contributed by atoms with Crippen molar-refractivity contribution < 1.29 is 13.9 Å². The summed E-state index contributed by atoms with van der Waals surface area (Å²) < 4.78 is 10.7. The quantitative estimate of drug-likeness (QED) is 0.306. The summed E-state index contributed by atoms with van der Waals surface area (Å²) in [5, 5.41) is 15.2. The molecule has 0 atom stereocenters. The Morgan fingerprint density at radius 1 is 0.967 bits per heavy atom. The first-order chi connectivity index (χ1) is 14.6. The second-order valence-corrected chi connectivity index (χ2v) is 6.76. The van der Waals surface area contributed by atoms with E-state index in [1.54, 1.807) is 61.8 Å². The summed E-state index contributed by atoms with van der Waals surface area (Å²) in [6.45, 7) is 0. The number of nitrogens with one attached hydrogen (secondary N) is 3. The lowest BCUT2D eigenvalue weighted by molar-refractivity contribution is 0.262. The van der Waals surface area contributed by atoms with Gasteiger partial charge < -0.3 is 19.8 Å². The number of anilines is 2. The van der Waals surface area contributed by atoms with Gasteiger partial charge in [-0.2, -0.15) is 5.10 Å². The number of methoxy groups -OCH3 is 1. The highest BCUT2D eigenvalue weighted by Crippen LogP contribution is 2.28. The van der Waals surface area contributed by atoms with Crippen molar-refractivity contribution in [3.63, 3.8) is 0 Å². The topological polar surface area (TPSA) is 109 Å². The van der Waals surface area contributed by atoms with Crippen LogP contribution in [0.4, 0.5) is 16.2 Å². The Morgan fingerprint density at radius 2 is 1.77 bits per heavy atom. The third-order valence-corrected chi connectivity index (χ3v) is 4.88. The maximum Gasteiger partial charge on any atom is 0.344 e. The van der Waals surface area contributed by atoms with Gasteiger partial charge in [0.2, 0.25) is 0 Å². The van der Waals surface area contributed by atoms with Crippen LogP contribution < -0.4 is 21.0 Å². The molecule has 5 rings (SSSR count). The van der Waals surface area contributed by atoms with E-state index in [2.05, 4.69) is 20.8 Å². The van der Waals surface area contributed by atoms with E-state index >= 15 is 0 Å². The average molecular weight is 400 g/mol. The van der Waals surface area contributed by atoms with Crippen molar-refractivity contribution in [3.05, 3.63) is 71.2 Å². The molecule has 0 aliphatic carbocycles. The maximum absolute atomic E-state index is 12.5. The molecule has 0 aliphatic rings. The molecule has 0 aliphatic heterocycles. The average Bonchev–Trinajstić information content (AvgIpc) is 3.22. The molecule has 0 fully saturated rings. The summed E-state index contributed by atoms with van der Waals surface area (Å²) in [5.41, 5.74) is 2.02. The number of aromatic nitrogens is 2. The summed E-state index contributed by atoms with van der Waals surface area (Å²) in [6.07, 6.45) is 1.71. The van der Waals surface area contributed by atoms with Crippen molar-refractivity contribution >= 4 is 50.1 Å². The van der Waals surface area contributed by atoms with Gasteiger partial charge in [-0.25, -0.2) is 9.59 Å². The molecule has 0 radical (unpaired) electrons. The highest BCUT2D eigenvalue weighted by molar-refractivity contribution is 6.08. The molecule has 0 saturated heterocycles. The van der Waals surface area contributed by atoms with E-state index in [1.165, 1.54) is 0 Å². The number of ether oxygens (including phenoxy) is 1. The molecule has 5 aromatic rings. The Bertz CT molecular complexity index is 1490. The number of aromatic amines is 1. The van der Waals surface area contributed by atoms with Crippen LogP contribution in [-0.2, 0) is 0 Å². The predicted octanol–water partition coefficient (Wildman–Crippen LogP) is 4.48. The number of benzene rings is 3. The van der Waals surface area contributed by atoms with Gasteiger partial charge >= 0.3 is 11.7 Å². The number of urea groups is 1. The number of rotatable bonds is 3. The highest BCUT2D eigenvalue weighted by atomic mass is 16.5. The first-order valence-electron chi connectivity index (χ1n) is 9.16. The molecule has 0 saturated carbocycles. The van der Waals surface area contributed by atoms with Gasteiger partial charge in [-0.3, -0.25) is 5.10 Å². The Hall–Kier alpha value is -4.33. The number of carbonyl (C=O) groups is 1. The van der Waals surface area contributed by atoms with Gasteiger partial charge in [-0.1, -0.05) is 0 Å². The fourth-order valence-corrected chi connectivity index (χ4v) is 3.42. The number of H-pyrrole nitrogens is 1. The molecular formula is C22H16N4O4. The van der Waals surface area contributed by atoms with Crippen LogP contribution in [0.5, 0.6) is 5.75 Å². The number of hydrogen-bond acceptors (Lipinski definition) is 5. The van der Waals surface area contributed by atoms with Gasteiger partial charge in [0.25, 0.3) is 0 Å². The molecule has 2 heterocycles. The number of amides is 2. The molecule has 30 heavy (non-hydrogen) atoms. The van der Waals surface area contributed by atoms with E-state index in [0.29, 0.717) is 38.9 Å². The normalized spacial score (nSPS) is 11.1. The van der Waals surface area contributed by atoms with Crippen LogP contribution in [0.25, 0.3) is 32.6 Å². The zero-order valence-corrected chi connectivity index (χ0v) is 15.9. The van der Waals surface area contributed by atoms with Crippen LogP contribution in [0.3, 0.4) is 0 Å². The second kappa shape index (κ2) is 6.93. The van der Waals surface area contributed by atoms with Crippen molar-refractivity contribution in [2.75, 3.05) is 17.7 Å². The fraction of sp³-hybridized carbons (Fsp3) is 0.0455. The lowest BCUT2D eigenvalue weighted by Gasteiger charge is -2.10. The SMILES string of the molecule is COc1ccc2c(=O)oc3ccc(NC(=O)Nc4ccc5cn[nH]c5c4)cc3c2c1. The lowest BCUT2D eigenvalue weighted by atomic mass is 10.1. The molecular weight excluding hydrogens is 384 g/mol. The summed E-state index contributed by atoms with van der Waals surface area (Å²) in [7, 11) is 1.56. The van der Waals surface area contributed by atoms with Crippen LogP contribution in [0, 0.1) is 0 Å². The van der Waals surface area contributed by atoms with Crippen molar-refractivity contribution in [1.29, 1.82) is 0 Å². The summed E-state index contributed by atoms with van der Waals surface area (Å²) in [4.78, 5) is 24.7. The molecule has 8 nitrogen and oxygen atoms in total. The molecule has 0 unspecified atom stereocenters. The molecule has 3 aromatic carbocycles. The second-order valence-electron chi connectivity index (χ2n) is 6.76. The Morgan fingerprint density at radius 3 is 2.60 bits per heavy atom. The molecule has 8 heteroatoms. The van der Waals surface area contributed by atoms with Crippen molar-refractivity contribution in [2.24, 2.45) is 0 Å². The Labute approximate surface area is 169 Å². The smallest absolute Gasteiger partial charge is 0.344 e. The third-order valence-electron chi connectivity index (χ3n) is 4.88.